The van der Waals surface area contributed by atoms with E-state index >= 15 is 0 Å². The Labute approximate surface area is 161 Å². The molecule has 3 aliphatic rings. The van der Waals surface area contributed by atoms with E-state index in [1.54, 1.807) is 0 Å². The van der Waals surface area contributed by atoms with Gasteiger partial charge in [0.05, 0.1) is 13.2 Å². The van der Waals surface area contributed by atoms with Crippen LogP contribution in [0.5, 0.6) is 0 Å². The highest BCUT2D eigenvalue weighted by molar-refractivity contribution is 5.95. The molecular formula is C21H29N3O3. The summed E-state index contributed by atoms with van der Waals surface area (Å²) in [5.74, 6) is 0.382. The molecule has 0 aromatic heterocycles. The number of rotatable bonds is 3. The average Bonchev–Trinajstić information content (AvgIpc) is 3.03. The van der Waals surface area contributed by atoms with Gasteiger partial charge in [-0.1, -0.05) is 6.07 Å². The first-order valence-electron chi connectivity index (χ1n) is 10.1. The lowest BCUT2D eigenvalue weighted by Gasteiger charge is -2.39. The lowest BCUT2D eigenvalue weighted by atomic mass is 9.77. The summed E-state index contributed by atoms with van der Waals surface area (Å²) in [6.45, 7) is 8.37. The monoisotopic (exact) mass is 371 g/mol. The van der Waals surface area contributed by atoms with E-state index < -0.39 is 0 Å². The molecule has 3 heterocycles. The second kappa shape index (κ2) is 7.50. The van der Waals surface area contributed by atoms with Crippen molar-refractivity contribution in [2.75, 3.05) is 57.4 Å². The van der Waals surface area contributed by atoms with E-state index in [-0.39, 0.29) is 17.2 Å². The van der Waals surface area contributed by atoms with Gasteiger partial charge in [-0.15, -0.1) is 0 Å². The third-order valence-corrected chi connectivity index (χ3v) is 6.37. The van der Waals surface area contributed by atoms with Crippen LogP contribution in [0.2, 0.25) is 0 Å². The number of anilines is 1. The van der Waals surface area contributed by atoms with Crippen molar-refractivity contribution in [3.8, 4) is 0 Å². The van der Waals surface area contributed by atoms with Crippen LogP contribution in [-0.4, -0.2) is 74.1 Å². The van der Waals surface area contributed by atoms with Crippen LogP contribution >= 0.6 is 0 Å². The van der Waals surface area contributed by atoms with E-state index in [4.69, 9.17) is 4.74 Å². The van der Waals surface area contributed by atoms with Crippen molar-refractivity contribution < 1.29 is 14.3 Å². The summed E-state index contributed by atoms with van der Waals surface area (Å²) >= 11 is 0. The zero-order valence-corrected chi connectivity index (χ0v) is 16.2. The van der Waals surface area contributed by atoms with Gasteiger partial charge in [0.2, 0.25) is 5.91 Å². The smallest absolute Gasteiger partial charge is 0.253 e. The molecule has 3 saturated heterocycles. The Morgan fingerprint density at radius 2 is 1.89 bits per heavy atom. The van der Waals surface area contributed by atoms with Crippen molar-refractivity contribution in [2.24, 2.45) is 5.41 Å². The Morgan fingerprint density at radius 3 is 2.56 bits per heavy atom. The molecule has 0 N–H and O–H groups in total. The topological polar surface area (TPSA) is 53.1 Å². The van der Waals surface area contributed by atoms with Gasteiger partial charge in [0.25, 0.3) is 5.91 Å². The Morgan fingerprint density at radius 1 is 1.15 bits per heavy atom. The molecule has 0 unspecified atom stereocenters. The fourth-order valence-electron chi connectivity index (χ4n) is 4.63. The van der Waals surface area contributed by atoms with Gasteiger partial charge in [-0.05, 0) is 38.0 Å². The Kier molecular flexibility index (Phi) is 5.08. The zero-order chi connectivity index (χ0) is 18.9. The van der Waals surface area contributed by atoms with Crippen molar-refractivity contribution in [2.45, 2.75) is 26.2 Å². The van der Waals surface area contributed by atoms with Gasteiger partial charge in [0, 0.05) is 62.4 Å². The fourth-order valence-corrected chi connectivity index (χ4v) is 4.63. The molecule has 0 radical (unpaired) electrons. The van der Waals surface area contributed by atoms with Gasteiger partial charge < -0.3 is 19.4 Å². The Hall–Kier alpha value is -2.08. The lowest BCUT2D eigenvalue weighted by molar-refractivity contribution is -0.127. The molecular weight excluding hydrogens is 342 g/mol. The quantitative estimate of drug-likeness (QED) is 0.816. The Balaban J connectivity index is 1.40. The minimum Gasteiger partial charge on any atom is -0.378 e. The maximum absolute atomic E-state index is 13.0. The molecule has 0 aliphatic carbocycles. The van der Waals surface area contributed by atoms with E-state index in [1.807, 2.05) is 34.9 Å². The van der Waals surface area contributed by atoms with Crippen LogP contribution in [0.25, 0.3) is 0 Å². The van der Waals surface area contributed by atoms with Gasteiger partial charge in [0.1, 0.15) is 0 Å². The summed E-state index contributed by atoms with van der Waals surface area (Å²) in [7, 11) is 0. The molecule has 0 atom stereocenters. The van der Waals surface area contributed by atoms with Crippen LogP contribution in [0, 0.1) is 5.41 Å². The summed E-state index contributed by atoms with van der Waals surface area (Å²) < 4.78 is 5.42. The first kappa shape index (κ1) is 18.3. The molecule has 1 spiro atoms. The molecule has 0 bridgehead atoms. The highest BCUT2D eigenvalue weighted by Crippen LogP contribution is 2.41. The number of benzene rings is 1. The van der Waals surface area contributed by atoms with Crippen molar-refractivity contribution >= 4 is 17.5 Å². The van der Waals surface area contributed by atoms with Crippen molar-refractivity contribution in [3.63, 3.8) is 0 Å². The number of hydrogen-bond acceptors (Lipinski definition) is 4. The highest BCUT2D eigenvalue weighted by Gasteiger charge is 2.44. The van der Waals surface area contributed by atoms with E-state index in [0.717, 1.165) is 76.6 Å². The molecule has 27 heavy (non-hydrogen) atoms. The van der Waals surface area contributed by atoms with Crippen LogP contribution in [0.1, 0.15) is 36.5 Å². The second-order valence-electron chi connectivity index (χ2n) is 8.03. The van der Waals surface area contributed by atoms with Gasteiger partial charge in [-0.3, -0.25) is 9.59 Å². The minimum atomic E-state index is 0.0829. The normalized spacial score (nSPS) is 22.6. The Bertz CT molecular complexity index is 706. The summed E-state index contributed by atoms with van der Waals surface area (Å²) in [4.78, 5) is 31.4. The number of morpholine rings is 1. The van der Waals surface area contributed by atoms with E-state index in [0.29, 0.717) is 6.42 Å². The summed E-state index contributed by atoms with van der Waals surface area (Å²) in [6.07, 6.45) is 2.49. The van der Waals surface area contributed by atoms with Crippen molar-refractivity contribution in [3.05, 3.63) is 29.8 Å². The number of ether oxygens (including phenoxy) is 1. The number of carbonyl (C=O) groups excluding carboxylic acids is 2. The molecule has 0 saturated carbocycles. The first-order chi connectivity index (χ1) is 13.1. The predicted molar refractivity (Wildman–Crippen MR) is 104 cm³/mol. The van der Waals surface area contributed by atoms with Gasteiger partial charge >= 0.3 is 0 Å². The molecule has 3 aliphatic heterocycles. The number of nitrogens with zero attached hydrogens (tertiary/aromatic N) is 3. The van der Waals surface area contributed by atoms with Crippen molar-refractivity contribution in [1.29, 1.82) is 0 Å². The molecule has 4 rings (SSSR count). The van der Waals surface area contributed by atoms with Gasteiger partial charge in [-0.25, -0.2) is 0 Å². The van der Waals surface area contributed by atoms with Gasteiger partial charge in [-0.2, -0.15) is 0 Å². The molecule has 1 aromatic rings. The predicted octanol–water partition coefficient (Wildman–Crippen LogP) is 2.00. The number of carbonyl (C=O) groups is 2. The highest BCUT2D eigenvalue weighted by atomic mass is 16.5. The maximum Gasteiger partial charge on any atom is 0.253 e. The number of amides is 2. The van der Waals surface area contributed by atoms with Crippen LogP contribution in [0.3, 0.4) is 0 Å². The summed E-state index contributed by atoms with van der Waals surface area (Å²) in [5, 5.41) is 0. The molecule has 146 valence electrons. The lowest BCUT2D eigenvalue weighted by Crippen LogP contribution is -2.44. The van der Waals surface area contributed by atoms with Crippen LogP contribution in [0.4, 0.5) is 5.69 Å². The third kappa shape index (κ3) is 3.68. The van der Waals surface area contributed by atoms with E-state index in [2.05, 4.69) is 11.0 Å². The van der Waals surface area contributed by atoms with Crippen molar-refractivity contribution in [1.82, 2.24) is 9.80 Å². The molecule has 1 aromatic carbocycles. The molecule has 2 amide bonds. The number of hydrogen-bond donors (Lipinski definition) is 0. The number of piperidine rings is 1. The standard InChI is InChI=1S/C21H29N3O3/c1-2-22-16-21(15-19(22)25)6-8-24(9-7-21)20(26)17-4-3-5-18(14-17)23-10-12-27-13-11-23/h3-5,14H,2,6-13,15-16H2,1H3. The maximum atomic E-state index is 13.0. The van der Waals surface area contributed by atoms with E-state index in [1.165, 1.54) is 0 Å². The largest absolute Gasteiger partial charge is 0.378 e. The fraction of sp³-hybridized carbons (Fsp3) is 0.619. The van der Waals surface area contributed by atoms with Crippen LogP contribution in [-0.2, 0) is 9.53 Å². The zero-order valence-electron chi connectivity index (χ0n) is 16.2. The van der Waals surface area contributed by atoms with Crippen LogP contribution in [0.15, 0.2) is 24.3 Å². The van der Waals surface area contributed by atoms with E-state index in [9.17, 15) is 9.59 Å². The second-order valence-corrected chi connectivity index (χ2v) is 8.03. The SMILES string of the molecule is CCN1CC2(CCN(C(=O)c3cccc(N4CCOCC4)c3)CC2)CC1=O. The molecule has 6 heteroatoms. The number of likely N-dealkylation sites (tertiary alicyclic amines) is 2. The first-order valence-corrected chi connectivity index (χ1v) is 10.1. The summed E-state index contributed by atoms with van der Waals surface area (Å²) in [6, 6.07) is 7.96. The third-order valence-electron chi connectivity index (χ3n) is 6.37. The minimum absolute atomic E-state index is 0.0829. The molecule has 6 nitrogen and oxygen atoms in total. The summed E-state index contributed by atoms with van der Waals surface area (Å²) in [5.41, 5.74) is 1.93. The average molecular weight is 371 g/mol. The van der Waals surface area contributed by atoms with Crippen LogP contribution < -0.4 is 4.90 Å². The molecule has 3 fully saturated rings. The van der Waals surface area contributed by atoms with Gasteiger partial charge in [0.15, 0.2) is 0 Å².